The van der Waals surface area contributed by atoms with Crippen molar-refractivity contribution in [1.82, 2.24) is 15.5 Å². The van der Waals surface area contributed by atoms with Gasteiger partial charge >= 0.3 is 0 Å². The van der Waals surface area contributed by atoms with E-state index in [1.54, 1.807) is 32.4 Å². The second kappa shape index (κ2) is 6.65. The smallest absolute Gasteiger partial charge is 0.264 e. The van der Waals surface area contributed by atoms with Crippen LogP contribution in [0.25, 0.3) is 0 Å². The Hall–Kier alpha value is -2.70. The zero-order chi connectivity index (χ0) is 15.2. The first-order valence-corrected chi connectivity index (χ1v) is 6.36. The Balaban J connectivity index is 1.94. The Morgan fingerprint density at radius 1 is 1.14 bits per heavy atom. The highest BCUT2D eigenvalue weighted by molar-refractivity contribution is 5.78. The number of hydrogen-bond donors (Lipinski definition) is 3. The second-order valence-electron chi connectivity index (χ2n) is 4.43. The lowest BCUT2D eigenvalue weighted by atomic mass is 10.1. The Kier molecular flexibility index (Phi) is 4.65. The van der Waals surface area contributed by atoms with Gasteiger partial charge in [-0.25, -0.2) is 0 Å². The van der Waals surface area contributed by atoms with Crippen LogP contribution >= 0.6 is 0 Å². The molecule has 1 aromatic carbocycles. The van der Waals surface area contributed by atoms with Crippen molar-refractivity contribution < 1.29 is 14.3 Å². The topological polar surface area (TPSA) is 96.2 Å². The highest BCUT2D eigenvalue weighted by atomic mass is 16.5. The van der Waals surface area contributed by atoms with Gasteiger partial charge in [-0.2, -0.15) is 0 Å². The molecule has 0 bridgehead atoms. The molecule has 0 aliphatic rings. The van der Waals surface area contributed by atoms with Gasteiger partial charge in [-0.3, -0.25) is 14.7 Å². The average molecular weight is 291 g/mol. The number of carbonyl (C=O) groups excluding carboxylic acids is 1. The molecule has 7 nitrogen and oxygen atoms in total. The molecule has 0 spiro atoms. The summed E-state index contributed by atoms with van der Waals surface area (Å²) in [6.45, 7) is 0.269. The van der Waals surface area contributed by atoms with E-state index in [9.17, 15) is 9.59 Å². The normalized spacial score (nSPS) is 10.2. The molecule has 2 rings (SSSR count). The maximum atomic E-state index is 11.9. The van der Waals surface area contributed by atoms with Gasteiger partial charge in [0.25, 0.3) is 5.56 Å². The van der Waals surface area contributed by atoms with Gasteiger partial charge in [0.1, 0.15) is 0 Å². The van der Waals surface area contributed by atoms with E-state index in [-0.39, 0.29) is 24.4 Å². The Bertz CT molecular complexity index is 675. The van der Waals surface area contributed by atoms with Crippen LogP contribution in [0, 0.1) is 0 Å². The van der Waals surface area contributed by atoms with Crippen molar-refractivity contribution in [1.29, 1.82) is 0 Å². The van der Waals surface area contributed by atoms with Crippen LogP contribution < -0.4 is 20.3 Å². The molecule has 0 aliphatic heterocycles. The van der Waals surface area contributed by atoms with E-state index in [4.69, 9.17) is 9.47 Å². The summed E-state index contributed by atoms with van der Waals surface area (Å²) < 4.78 is 10.3. The lowest BCUT2D eigenvalue weighted by Gasteiger charge is -2.09. The van der Waals surface area contributed by atoms with E-state index in [2.05, 4.69) is 15.5 Å². The number of carbonyl (C=O) groups is 1. The monoisotopic (exact) mass is 291 g/mol. The van der Waals surface area contributed by atoms with Crippen molar-refractivity contribution in [3.63, 3.8) is 0 Å². The Morgan fingerprint density at radius 3 is 2.52 bits per heavy atom. The minimum absolute atomic E-state index is 0.149. The SMILES string of the molecule is COc1ccc(CC(=O)NCc2cc(=O)[nH][nH]2)cc1OC. The van der Waals surface area contributed by atoms with Crippen LogP contribution in [0.1, 0.15) is 11.3 Å². The highest BCUT2D eigenvalue weighted by Gasteiger charge is 2.08. The van der Waals surface area contributed by atoms with Crippen LogP contribution in [-0.4, -0.2) is 30.3 Å². The summed E-state index contributed by atoms with van der Waals surface area (Å²) in [6.07, 6.45) is 0.217. The van der Waals surface area contributed by atoms with Gasteiger partial charge in [-0.15, -0.1) is 0 Å². The summed E-state index contributed by atoms with van der Waals surface area (Å²) >= 11 is 0. The number of methoxy groups -OCH3 is 2. The zero-order valence-corrected chi connectivity index (χ0v) is 11.9. The number of ether oxygens (including phenoxy) is 2. The molecule has 1 aromatic heterocycles. The third-order valence-corrected chi connectivity index (χ3v) is 2.94. The molecule has 7 heteroatoms. The second-order valence-corrected chi connectivity index (χ2v) is 4.43. The standard InChI is InChI=1S/C14H17N3O4/c1-20-11-4-3-9(5-12(11)21-2)6-13(18)15-8-10-7-14(19)17-16-10/h3-5,7H,6,8H2,1-2H3,(H,15,18)(H2,16,17,19). The molecule has 0 radical (unpaired) electrons. The van der Waals surface area contributed by atoms with Gasteiger partial charge < -0.3 is 19.9 Å². The van der Waals surface area contributed by atoms with Gasteiger partial charge in [0.05, 0.1) is 32.9 Å². The first-order valence-electron chi connectivity index (χ1n) is 6.36. The maximum Gasteiger partial charge on any atom is 0.264 e. The summed E-state index contributed by atoms with van der Waals surface area (Å²) in [5, 5.41) is 7.80. The molecule has 21 heavy (non-hydrogen) atoms. The predicted octanol–water partition coefficient (Wildman–Crippen LogP) is 0.579. The van der Waals surface area contributed by atoms with Crippen LogP contribution in [0.2, 0.25) is 0 Å². The molecule has 0 saturated carbocycles. The summed E-state index contributed by atoms with van der Waals surface area (Å²) in [6, 6.07) is 6.72. The fourth-order valence-electron chi connectivity index (χ4n) is 1.90. The third kappa shape index (κ3) is 3.88. The third-order valence-electron chi connectivity index (χ3n) is 2.94. The van der Waals surface area contributed by atoms with Crippen LogP contribution in [0.5, 0.6) is 11.5 Å². The number of amides is 1. The lowest BCUT2D eigenvalue weighted by molar-refractivity contribution is -0.120. The van der Waals surface area contributed by atoms with Crippen LogP contribution in [0.4, 0.5) is 0 Å². The molecule has 0 aliphatic carbocycles. The molecule has 0 atom stereocenters. The first kappa shape index (κ1) is 14.7. The van der Waals surface area contributed by atoms with Gasteiger partial charge in [-0.1, -0.05) is 6.07 Å². The fourth-order valence-corrected chi connectivity index (χ4v) is 1.90. The van der Waals surface area contributed by atoms with E-state index >= 15 is 0 Å². The van der Waals surface area contributed by atoms with Crippen LogP contribution in [-0.2, 0) is 17.8 Å². The van der Waals surface area contributed by atoms with Gasteiger partial charge in [0.15, 0.2) is 11.5 Å². The average Bonchev–Trinajstić information content (AvgIpc) is 2.90. The van der Waals surface area contributed by atoms with E-state index in [1.807, 2.05) is 0 Å². The van der Waals surface area contributed by atoms with Crippen molar-refractivity contribution in [2.75, 3.05) is 14.2 Å². The molecule has 0 fully saturated rings. The van der Waals surface area contributed by atoms with Gasteiger partial charge in [0.2, 0.25) is 5.91 Å². The number of aromatic nitrogens is 2. The van der Waals surface area contributed by atoms with E-state index < -0.39 is 0 Å². The van der Waals surface area contributed by atoms with Crippen molar-refractivity contribution in [2.24, 2.45) is 0 Å². The molecule has 0 unspecified atom stereocenters. The van der Waals surface area contributed by atoms with Gasteiger partial charge in [-0.05, 0) is 17.7 Å². The number of rotatable bonds is 6. The molecule has 1 amide bonds. The molecule has 2 aromatic rings. The van der Waals surface area contributed by atoms with Crippen molar-refractivity contribution in [3.05, 3.63) is 45.9 Å². The summed E-state index contributed by atoms with van der Waals surface area (Å²) in [5.74, 6) is 1.05. The lowest BCUT2D eigenvalue weighted by Crippen LogP contribution is -2.24. The maximum absolute atomic E-state index is 11.9. The highest BCUT2D eigenvalue weighted by Crippen LogP contribution is 2.27. The molecule has 0 saturated heterocycles. The van der Waals surface area contributed by atoms with E-state index in [0.717, 1.165) is 5.56 Å². The molecule has 1 heterocycles. The minimum Gasteiger partial charge on any atom is -0.493 e. The molecular formula is C14H17N3O4. The molecule has 3 N–H and O–H groups in total. The predicted molar refractivity (Wildman–Crippen MR) is 76.5 cm³/mol. The number of nitrogens with one attached hydrogen (secondary N) is 3. The fraction of sp³-hybridized carbons (Fsp3) is 0.286. The quantitative estimate of drug-likeness (QED) is 0.725. The summed E-state index contributed by atoms with van der Waals surface area (Å²) in [4.78, 5) is 22.8. The molecular weight excluding hydrogens is 274 g/mol. The van der Waals surface area contributed by atoms with Crippen molar-refractivity contribution >= 4 is 5.91 Å². The Labute approximate surface area is 121 Å². The van der Waals surface area contributed by atoms with Crippen LogP contribution in [0.3, 0.4) is 0 Å². The Morgan fingerprint density at radius 2 is 1.90 bits per heavy atom. The molecule has 112 valence electrons. The van der Waals surface area contributed by atoms with Crippen molar-refractivity contribution in [2.45, 2.75) is 13.0 Å². The number of benzene rings is 1. The first-order chi connectivity index (χ1) is 10.1. The summed E-state index contributed by atoms with van der Waals surface area (Å²) in [7, 11) is 3.10. The number of aromatic amines is 2. The largest absolute Gasteiger partial charge is 0.493 e. The zero-order valence-electron chi connectivity index (χ0n) is 11.9. The van der Waals surface area contributed by atoms with Crippen LogP contribution in [0.15, 0.2) is 29.1 Å². The van der Waals surface area contributed by atoms with E-state index in [0.29, 0.717) is 17.2 Å². The van der Waals surface area contributed by atoms with E-state index in [1.165, 1.54) is 6.07 Å². The van der Waals surface area contributed by atoms with Gasteiger partial charge in [0, 0.05) is 6.07 Å². The minimum atomic E-state index is -0.223. The summed E-state index contributed by atoms with van der Waals surface area (Å²) in [5.41, 5.74) is 1.22. The van der Waals surface area contributed by atoms with Crippen molar-refractivity contribution in [3.8, 4) is 11.5 Å². The number of H-pyrrole nitrogens is 2. The number of hydrogen-bond acceptors (Lipinski definition) is 4.